The summed E-state index contributed by atoms with van der Waals surface area (Å²) in [5.41, 5.74) is 0.698. The second-order valence-electron chi connectivity index (χ2n) is 9.09. The Balaban J connectivity index is 1.93. The van der Waals surface area contributed by atoms with Gasteiger partial charge in [-0.2, -0.15) is 0 Å². The first-order valence-corrected chi connectivity index (χ1v) is 9.98. The molecule has 3 aliphatic heterocycles. The lowest BCUT2D eigenvalue weighted by atomic mass is 9.86. The number of hydrogen-bond donors (Lipinski definition) is 0. The van der Waals surface area contributed by atoms with Crippen molar-refractivity contribution < 1.29 is 23.8 Å². The highest BCUT2D eigenvalue weighted by Crippen LogP contribution is 2.47. The molecule has 5 nitrogen and oxygen atoms in total. The summed E-state index contributed by atoms with van der Waals surface area (Å²) < 4.78 is 17.7. The van der Waals surface area contributed by atoms with E-state index in [1.54, 1.807) is 0 Å². The number of allylic oxidation sites excluding steroid dienone is 2. The molecule has 0 saturated carbocycles. The van der Waals surface area contributed by atoms with Crippen molar-refractivity contribution in [3.8, 4) is 0 Å². The minimum Gasteiger partial charge on any atom is -0.495 e. The number of carbonyl (C=O) groups excluding carboxylic acids is 2. The first-order valence-electron chi connectivity index (χ1n) is 9.98. The molecule has 0 aromatic carbocycles. The van der Waals surface area contributed by atoms with E-state index in [1.807, 2.05) is 27.7 Å². The van der Waals surface area contributed by atoms with Gasteiger partial charge in [-0.3, -0.25) is 9.59 Å². The Hall–Kier alpha value is -1.62. The molecule has 3 aliphatic rings. The number of epoxide rings is 1. The van der Waals surface area contributed by atoms with Gasteiger partial charge >= 0.3 is 5.97 Å². The minimum absolute atomic E-state index is 0.0601. The van der Waals surface area contributed by atoms with E-state index in [9.17, 15) is 9.59 Å². The van der Waals surface area contributed by atoms with Crippen LogP contribution < -0.4 is 0 Å². The molecule has 0 aromatic rings. The largest absolute Gasteiger partial charge is 0.495 e. The van der Waals surface area contributed by atoms with Crippen LogP contribution in [0.3, 0.4) is 0 Å². The Kier molecular flexibility index (Phi) is 5.28. The third-order valence-corrected chi connectivity index (χ3v) is 6.09. The summed E-state index contributed by atoms with van der Waals surface area (Å²) in [6, 6.07) is 0. The van der Waals surface area contributed by atoms with E-state index in [1.165, 1.54) is 6.92 Å². The molecule has 2 saturated heterocycles. The smallest absolute Gasteiger partial charge is 0.303 e. The van der Waals surface area contributed by atoms with Gasteiger partial charge in [0.15, 0.2) is 5.78 Å². The molecule has 0 amide bonds. The SMILES string of the molecule is CC(=O)O[C@@]1(C)C/C=C2\O[C@H](C[C@@H]2C)C[C@]2(C)O[C@H]2C(=O)C(=C(C)C)CC1. The summed E-state index contributed by atoms with van der Waals surface area (Å²) in [6.07, 6.45) is 5.13. The lowest BCUT2D eigenvalue weighted by Gasteiger charge is -2.29. The van der Waals surface area contributed by atoms with Gasteiger partial charge in [-0.25, -0.2) is 0 Å². The van der Waals surface area contributed by atoms with Gasteiger partial charge in [-0.1, -0.05) is 12.5 Å². The number of fused-ring (bicyclic) bond motifs is 3. The van der Waals surface area contributed by atoms with E-state index in [0.29, 0.717) is 25.2 Å². The molecule has 0 spiro atoms. The number of esters is 1. The Morgan fingerprint density at radius 3 is 2.59 bits per heavy atom. The van der Waals surface area contributed by atoms with Crippen molar-refractivity contribution in [2.45, 2.75) is 97.1 Å². The summed E-state index contributed by atoms with van der Waals surface area (Å²) in [5, 5.41) is 0. The van der Waals surface area contributed by atoms with Gasteiger partial charge in [0.05, 0.1) is 5.76 Å². The van der Waals surface area contributed by atoms with Crippen molar-refractivity contribution in [1.29, 1.82) is 0 Å². The Morgan fingerprint density at radius 2 is 1.96 bits per heavy atom. The molecule has 27 heavy (non-hydrogen) atoms. The quantitative estimate of drug-likeness (QED) is 0.389. The van der Waals surface area contributed by atoms with Crippen LogP contribution >= 0.6 is 0 Å². The molecule has 2 fully saturated rings. The summed E-state index contributed by atoms with van der Waals surface area (Å²) >= 11 is 0. The molecule has 5 heteroatoms. The van der Waals surface area contributed by atoms with Crippen LogP contribution in [-0.4, -0.2) is 35.2 Å². The third kappa shape index (κ3) is 4.29. The van der Waals surface area contributed by atoms with E-state index in [2.05, 4.69) is 13.0 Å². The molecule has 0 unspecified atom stereocenters. The van der Waals surface area contributed by atoms with Crippen LogP contribution in [0.1, 0.15) is 73.6 Å². The molecule has 0 aromatic heterocycles. The summed E-state index contributed by atoms with van der Waals surface area (Å²) in [7, 11) is 0. The van der Waals surface area contributed by atoms with E-state index < -0.39 is 17.3 Å². The highest BCUT2D eigenvalue weighted by Gasteiger charge is 2.58. The molecule has 2 bridgehead atoms. The molecule has 0 aliphatic carbocycles. The Labute approximate surface area is 162 Å². The molecule has 0 radical (unpaired) electrons. The van der Waals surface area contributed by atoms with Gasteiger partial charge in [0, 0.05) is 25.7 Å². The van der Waals surface area contributed by atoms with Crippen LogP contribution in [0.15, 0.2) is 23.0 Å². The van der Waals surface area contributed by atoms with Crippen molar-refractivity contribution in [1.82, 2.24) is 0 Å². The van der Waals surface area contributed by atoms with Gasteiger partial charge < -0.3 is 14.2 Å². The zero-order valence-electron chi connectivity index (χ0n) is 17.4. The topological polar surface area (TPSA) is 65.1 Å². The molecule has 150 valence electrons. The Bertz CT molecular complexity index is 701. The Morgan fingerprint density at radius 1 is 1.26 bits per heavy atom. The van der Waals surface area contributed by atoms with Crippen molar-refractivity contribution in [3.63, 3.8) is 0 Å². The van der Waals surface area contributed by atoms with Gasteiger partial charge in [-0.15, -0.1) is 0 Å². The number of hydrogen-bond acceptors (Lipinski definition) is 5. The van der Waals surface area contributed by atoms with Crippen molar-refractivity contribution >= 4 is 11.8 Å². The fraction of sp³-hybridized carbons (Fsp3) is 0.727. The zero-order chi connectivity index (χ0) is 20.0. The fourth-order valence-corrected chi connectivity index (χ4v) is 4.44. The number of rotatable bonds is 1. The zero-order valence-corrected chi connectivity index (χ0v) is 17.4. The van der Waals surface area contributed by atoms with E-state index in [-0.39, 0.29) is 17.9 Å². The normalized spacial score (nSPS) is 41.1. The number of ketones is 1. The molecule has 0 N–H and O–H groups in total. The average Bonchev–Trinajstić information content (AvgIpc) is 3.07. The lowest BCUT2D eigenvalue weighted by Crippen LogP contribution is -2.31. The first kappa shape index (κ1) is 20.1. The molecule has 5 atom stereocenters. The maximum absolute atomic E-state index is 13.1. The second-order valence-corrected chi connectivity index (χ2v) is 9.09. The maximum Gasteiger partial charge on any atom is 0.303 e. The predicted molar refractivity (Wildman–Crippen MR) is 102 cm³/mol. The molecular weight excluding hydrogens is 344 g/mol. The number of Topliss-reactive ketones (excluding diaryl/α,β-unsaturated/α-hetero) is 1. The second kappa shape index (κ2) is 7.08. The van der Waals surface area contributed by atoms with Crippen LogP contribution in [0.2, 0.25) is 0 Å². The standard InChI is InChI=1S/C22H32O5/c1-13(2)17-7-9-21(5,26-15(4)23)10-8-18-14(3)11-16(25-18)12-22(6)20(27-22)19(17)24/h8,14,16,20H,7,9-12H2,1-6H3/b18-8-/t14-,16+,20-,21+,22-/m0/s1. The first-order chi connectivity index (χ1) is 12.5. The monoisotopic (exact) mass is 376 g/mol. The number of carbonyl (C=O) groups is 2. The van der Waals surface area contributed by atoms with Crippen molar-refractivity contribution in [2.75, 3.05) is 0 Å². The van der Waals surface area contributed by atoms with Crippen LogP contribution in [0.25, 0.3) is 0 Å². The van der Waals surface area contributed by atoms with Crippen molar-refractivity contribution in [2.24, 2.45) is 5.92 Å². The fourth-order valence-electron chi connectivity index (χ4n) is 4.44. The maximum atomic E-state index is 13.1. The molecular formula is C22H32O5. The third-order valence-electron chi connectivity index (χ3n) is 6.09. The van der Waals surface area contributed by atoms with Gasteiger partial charge in [0.25, 0.3) is 0 Å². The van der Waals surface area contributed by atoms with Crippen LogP contribution in [0.5, 0.6) is 0 Å². The minimum atomic E-state index is -0.664. The van der Waals surface area contributed by atoms with E-state index >= 15 is 0 Å². The van der Waals surface area contributed by atoms with Crippen LogP contribution in [0, 0.1) is 5.92 Å². The summed E-state index contributed by atoms with van der Waals surface area (Å²) in [5.74, 6) is 1.05. The lowest BCUT2D eigenvalue weighted by molar-refractivity contribution is -0.155. The van der Waals surface area contributed by atoms with Gasteiger partial charge in [0.2, 0.25) is 0 Å². The summed E-state index contributed by atoms with van der Waals surface area (Å²) in [4.78, 5) is 24.8. The predicted octanol–water partition coefficient (Wildman–Crippen LogP) is 4.25. The van der Waals surface area contributed by atoms with Crippen LogP contribution in [-0.2, 0) is 23.8 Å². The average molecular weight is 376 g/mol. The number of ether oxygens (including phenoxy) is 3. The highest BCUT2D eigenvalue weighted by molar-refractivity contribution is 6.01. The van der Waals surface area contributed by atoms with Crippen LogP contribution in [0.4, 0.5) is 0 Å². The van der Waals surface area contributed by atoms with Gasteiger partial charge in [0.1, 0.15) is 23.4 Å². The summed E-state index contributed by atoms with van der Waals surface area (Å²) in [6.45, 7) is 11.5. The molecule has 3 rings (SSSR count). The molecule has 3 heterocycles. The van der Waals surface area contributed by atoms with E-state index in [0.717, 1.165) is 29.7 Å². The van der Waals surface area contributed by atoms with E-state index in [4.69, 9.17) is 14.2 Å². The highest BCUT2D eigenvalue weighted by atomic mass is 16.6. The van der Waals surface area contributed by atoms with Crippen molar-refractivity contribution in [3.05, 3.63) is 23.0 Å². The van der Waals surface area contributed by atoms with Gasteiger partial charge in [-0.05, 0) is 58.6 Å².